The Morgan fingerprint density at radius 2 is 1.40 bits per heavy atom. The van der Waals surface area contributed by atoms with Crippen molar-refractivity contribution in [2.24, 2.45) is 11.8 Å². The molecule has 0 aliphatic carbocycles. The smallest absolute Gasteiger partial charge is 0.410 e. The lowest BCUT2D eigenvalue weighted by Crippen LogP contribution is -2.51. The Bertz CT molecular complexity index is 1880. The highest BCUT2D eigenvalue weighted by molar-refractivity contribution is 5.86. The number of hydrogen-bond donors (Lipinski definition) is 3. The summed E-state index contributed by atoms with van der Waals surface area (Å²) in [5, 5.41) is 2.70. The summed E-state index contributed by atoms with van der Waals surface area (Å²) in [6.45, 7) is 11.1. The average molecular weight is 726 g/mol. The van der Waals surface area contributed by atoms with Gasteiger partial charge in [-0.05, 0) is 68.2 Å². The summed E-state index contributed by atoms with van der Waals surface area (Å²) < 4.78 is 15.9. The summed E-state index contributed by atoms with van der Waals surface area (Å²) in [6.07, 6.45) is 5.04. The summed E-state index contributed by atoms with van der Waals surface area (Å²) in [5.74, 6) is 1.42. The fourth-order valence-corrected chi connectivity index (χ4v) is 7.24. The lowest BCUT2D eigenvalue weighted by Gasteiger charge is -2.30. The quantitative estimate of drug-likeness (QED) is 0.156. The van der Waals surface area contributed by atoms with Crippen molar-refractivity contribution in [2.45, 2.75) is 77.6 Å². The van der Waals surface area contributed by atoms with Gasteiger partial charge in [0.05, 0.1) is 49.6 Å². The van der Waals surface area contributed by atoms with Gasteiger partial charge in [0.15, 0.2) is 0 Å². The Kier molecular flexibility index (Phi) is 11.2. The highest BCUT2D eigenvalue weighted by Crippen LogP contribution is 2.37. The van der Waals surface area contributed by atoms with Gasteiger partial charge in [-0.2, -0.15) is 0 Å². The summed E-state index contributed by atoms with van der Waals surface area (Å²) in [7, 11) is 2.97. The number of aromatic nitrogens is 4. The third-order valence-electron chi connectivity index (χ3n) is 9.89. The molecule has 2 aliphatic heterocycles. The van der Waals surface area contributed by atoms with Gasteiger partial charge in [0.2, 0.25) is 5.91 Å². The number of likely N-dealkylation sites (tertiary alicyclic amines) is 2. The number of methoxy groups -OCH3 is 2. The molecule has 0 unspecified atom stereocenters. The first-order valence-electron chi connectivity index (χ1n) is 18.3. The maximum atomic E-state index is 13.5. The van der Waals surface area contributed by atoms with Gasteiger partial charge in [-0.25, -0.2) is 19.6 Å². The summed E-state index contributed by atoms with van der Waals surface area (Å²) in [5.41, 5.74) is 5.26. The molecule has 0 spiro atoms. The molecule has 282 valence electrons. The molecule has 0 radical (unpaired) electrons. The molecule has 4 atom stereocenters. The van der Waals surface area contributed by atoms with Gasteiger partial charge >= 0.3 is 12.2 Å². The Balaban J connectivity index is 1.12. The standard InChI is InChI=1S/C40H51N7O6/c1-24(2)34(45-38(49)52-7)37(48)46-18-8-9-32(46)35-41-20-30(43-35)28-14-10-26(11-15-28)27-12-16-29(17-13-27)31-21-42-36(44-31)33-19-25(23-51-6)22-47(33)39(50)53-40(3,4)5/h10-17,20-21,24-25,32-34H,8-9,18-19,22-23H2,1-7H3,(H,41,43)(H,42,44)(H,45,49)/t25-,32-,33-,34-/m0/s1. The van der Waals surface area contributed by atoms with Crippen molar-refractivity contribution in [2.75, 3.05) is 33.9 Å². The number of nitrogens with zero attached hydrogens (tertiary/aromatic N) is 4. The van der Waals surface area contributed by atoms with Crippen LogP contribution in [-0.2, 0) is 19.0 Å². The Morgan fingerprint density at radius 3 is 1.91 bits per heavy atom. The largest absolute Gasteiger partial charge is 0.453 e. The molecule has 2 aromatic heterocycles. The van der Waals surface area contributed by atoms with Gasteiger partial charge < -0.3 is 34.4 Å². The van der Waals surface area contributed by atoms with Gasteiger partial charge in [-0.3, -0.25) is 9.69 Å². The van der Waals surface area contributed by atoms with Crippen LogP contribution in [0.15, 0.2) is 60.9 Å². The minimum atomic E-state index is -0.681. The minimum Gasteiger partial charge on any atom is -0.453 e. The van der Waals surface area contributed by atoms with Crippen LogP contribution in [0.5, 0.6) is 0 Å². The van der Waals surface area contributed by atoms with E-state index < -0.39 is 17.7 Å². The number of carbonyl (C=O) groups is 3. The molecule has 2 fully saturated rings. The van der Waals surface area contributed by atoms with Crippen molar-refractivity contribution in [1.82, 2.24) is 35.1 Å². The second-order valence-corrected chi connectivity index (χ2v) is 15.3. The number of aromatic amines is 2. The van der Waals surface area contributed by atoms with E-state index in [2.05, 4.69) is 68.8 Å². The van der Waals surface area contributed by atoms with Crippen LogP contribution in [0, 0.1) is 11.8 Å². The first kappa shape index (κ1) is 37.6. The fraction of sp³-hybridized carbons (Fsp3) is 0.475. The van der Waals surface area contributed by atoms with Crippen LogP contribution in [0.3, 0.4) is 0 Å². The van der Waals surface area contributed by atoms with Gasteiger partial charge in [0.25, 0.3) is 0 Å². The van der Waals surface area contributed by atoms with E-state index in [-0.39, 0.29) is 35.9 Å². The van der Waals surface area contributed by atoms with Crippen molar-refractivity contribution < 1.29 is 28.6 Å². The molecule has 6 rings (SSSR count). The number of rotatable bonds is 10. The van der Waals surface area contributed by atoms with Crippen LogP contribution < -0.4 is 5.32 Å². The van der Waals surface area contributed by atoms with Crippen LogP contribution in [0.25, 0.3) is 33.6 Å². The molecule has 3 amide bonds. The zero-order chi connectivity index (χ0) is 37.9. The van der Waals surface area contributed by atoms with Crippen LogP contribution in [-0.4, -0.2) is 93.4 Å². The number of hydrogen-bond acceptors (Lipinski definition) is 8. The van der Waals surface area contributed by atoms with E-state index in [0.29, 0.717) is 19.7 Å². The van der Waals surface area contributed by atoms with Crippen LogP contribution in [0.1, 0.15) is 77.6 Å². The summed E-state index contributed by atoms with van der Waals surface area (Å²) in [4.78, 5) is 58.4. The third kappa shape index (κ3) is 8.56. The predicted molar refractivity (Wildman–Crippen MR) is 201 cm³/mol. The fourth-order valence-electron chi connectivity index (χ4n) is 7.24. The van der Waals surface area contributed by atoms with Crippen LogP contribution in [0.4, 0.5) is 9.59 Å². The SMILES string of the molecule is COC[C@H]1C[C@@H](c2ncc(-c3ccc(-c4ccc(-c5cnc([C@@H]6CCCN6C(=O)[C@@H](NC(=O)OC)C(C)C)[nH]5)cc4)cc3)[nH]2)N(C(=O)OC(C)(C)C)C1. The number of benzene rings is 2. The summed E-state index contributed by atoms with van der Waals surface area (Å²) >= 11 is 0. The van der Waals surface area contributed by atoms with E-state index in [9.17, 15) is 14.4 Å². The molecule has 2 aliphatic rings. The minimum absolute atomic E-state index is 0.0989. The molecular formula is C40H51N7O6. The van der Waals surface area contributed by atoms with Crippen molar-refractivity contribution in [3.8, 4) is 33.6 Å². The summed E-state index contributed by atoms with van der Waals surface area (Å²) in [6, 6.07) is 15.5. The van der Waals surface area contributed by atoms with Crippen molar-refractivity contribution in [1.29, 1.82) is 0 Å². The predicted octanol–water partition coefficient (Wildman–Crippen LogP) is 7.12. The number of imidazole rings is 2. The van der Waals surface area contributed by atoms with Gasteiger partial charge in [0.1, 0.15) is 23.3 Å². The second-order valence-electron chi connectivity index (χ2n) is 15.3. The topological polar surface area (TPSA) is 155 Å². The zero-order valence-corrected chi connectivity index (χ0v) is 31.6. The third-order valence-corrected chi connectivity index (χ3v) is 9.89. The second kappa shape index (κ2) is 15.8. The Labute approximate surface area is 310 Å². The molecule has 13 heteroatoms. The molecule has 3 N–H and O–H groups in total. The Morgan fingerprint density at radius 1 is 0.849 bits per heavy atom. The van der Waals surface area contributed by atoms with Crippen molar-refractivity contribution in [3.63, 3.8) is 0 Å². The molecule has 13 nitrogen and oxygen atoms in total. The van der Waals surface area contributed by atoms with E-state index in [1.807, 2.05) is 45.7 Å². The van der Waals surface area contributed by atoms with E-state index in [4.69, 9.17) is 19.2 Å². The number of H-pyrrole nitrogens is 2. The van der Waals surface area contributed by atoms with Gasteiger partial charge in [0, 0.05) is 26.1 Å². The normalized spacial score (nSPS) is 19.4. The zero-order valence-electron chi connectivity index (χ0n) is 31.6. The number of amides is 3. The number of alkyl carbamates (subject to hydrolysis) is 1. The number of nitrogens with one attached hydrogen (secondary N) is 3. The highest BCUT2D eigenvalue weighted by atomic mass is 16.6. The van der Waals surface area contributed by atoms with E-state index in [0.717, 1.165) is 64.6 Å². The van der Waals surface area contributed by atoms with Gasteiger partial charge in [-0.1, -0.05) is 62.4 Å². The molecule has 53 heavy (non-hydrogen) atoms. The maximum Gasteiger partial charge on any atom is 0.410 e. The maximum absolute atomic E-state index is 13.5. The van der Waals surface area contributed by atoms with Crippen LogP contribution in [0.2, 0.25) is 0 Å². The number of ether oxygens (including phenoxy) is 3. The van der Waals surface area contributed by atoms with Crippen molar-refractivity contribution >= 4 is 18.1 Å². The first-order chi connectivity index (χ1) is 25.3. The Hall–Kier alpha value is -5.17. The lowest BCUT2D eigenvalue weighted by molar-refractivity contribution is -0.135. The molecule has 0 saturated carbocycles. The van der Waals surface area contributed by atoms with E-state index in [1.54, 1.807) is 18.2 Å². The monoisotopic (exact) mass is 725 g/mol. The molecule has 2 saturated heterocycles. The molecular weight excluding hydrogens is 674 g/mol. The average Bonchev–Trinajstić information content (AvgIpc) is 3.96. The van der Waals surface area contributed by atoms with E-state index >= 15 is 0 Å². The van der Waals surface area contributed by atoms with Crippen LogP contribution >= 0.6 is 0 Å². The molecule has 4 aromatic rings. The first-order valence-corrected chi connectivity index (χ1v) is 18.3. The molecule has 2 aromatic carbocycles. The van der Waals surface area contributed by atoms with E-state index in [1.165, 1.54) is 7.11 Å². The lowest BCUT2D eigenvalue weighted by atomic mass is 10.0. The molecule has 0 bridgehead atoms. The highest BCUT2D eigenvalue weighted by Gasteiger charge is 2.40. The van der Waals surface area contributed by atoms with Gasteiger partial charge in [-0.15, -0.1) is 0 Å². The number of carbonyl (C=O) groups excluding carboxylic acids is 3. The molecule has 4 heterocycles. The van der Waals surface area contributed by atoms with Crippen molar-refractivity contribution in [3.05, 3.63) is 72.6 Å².